The van der Waals surface area contributed by atoms with E-state index < -0.39 is 0 Å². The summed E-state index contributed by atoms with van der Waals surface area (Å²) in [6, 6.07) is 8.08. The van der Waals surface area contributed by atoms with Crippen molar-refractivity contribution in [3.63, 3.8) is 0 Å². The third kappa shape index (κ3) is 3.15. The molecule has 1 fully saturated rings. The summed E-state index contributed by atoms with van der Waals surface area (Å²) in [4.78, 5) is 16.2. The SMILES string of the molecule is O=C(CC1OCCc2ccsc21)N1CCCC(c2nnc3ccccn23)C1. The third-order valence-corrected chi connectivity index (χ3v) is 6.65. The maximum atomic E-state index is 13.0. The number of amides is 1. The molecule has 0 aliphatic carbocycles. The Bertz CT molecular complexity index is 966. The highest BCUT2D eigenvalue weighted by Gasteiger charge is 2.31. The molecule has 0 bridgehead atoms. The molecule has 1 saturated heterocycles. The van der Waals surface area contributed by atoms with Gasteiger partial charge in [0.25, 0.3) is 0 Å². The van der Waals surface area contributed by atoms with Crippen LogP contribution in [-0.2, 0) is 16.0 Å². The van der Waals surface area contributed by atoms with Crippen LogP contribution in [0.25, 0.3) is 5.65 Å². The Labute approximate surface area is 161 Å². The zero-order valence-corrected chi connectivity index (χ0v) is 15.9. The number of hydrogen-bond acceptors (Lipinski definition) is 5. The summed E-state index contributed by atoms with van der Waals surface area (Å²) in [6.45, 7) is 2.23. The first-order chi connectivity index (χ1) is 13.3. The number of ether oxygens (including phenoxy) is 1. The maximum absolute atomic E-state index is 13.0. The third-order valence-electron chi connectivity index (χ3n) is 5.60. The molecule has 0 saturated carbocycles. The van der Waals surface area contributed by atoms with Crippen LogP contribution in [0.4, 0.5) is 0 Å². The molecule has 7 heteroatoms. The maximum Gasteiger partial charge on any atom is 0.225 e. The van der Waals surface area contributed by atoms with Crippen LogP contribution in [0.15, 0.2) is 35.8 Å². The van der Waals surface area contributed by atoms with Gasteiger partial charge in [0.2, 0.25) is 5.91 Å². The van der Waals surface area contributed by atoms with Crippen molar-refractivity contribution in [1.29, 1.82) is 0 Å². The van der Waals surface area contributed by atoms with Gasteiger partial charge in [0.05, 0.1) is 13.0 Å². The predicted molar refractivity (Wildman–Crippen MR) is 103 cm³/mol. The van der Waals surface area contributed by atoms with E-state index in [0.717, 1.165) is 37.3 Å². The fourth-order valence-corrected chi connectivity index (χ4v) is 5.22. The molecule has 5 rings (SSSR count). The fourth-order valence-electron chi connectivity index (χ4n) is 4.22. The van der Waals surface area contributed by atoms with Crippen LogP contribution in [0.3, 0.4) is 0 Å². The molecule has 140 valence electrons. The Morgan fingerprint density at radius 3 is 3.22 bits per heavy atom. The Hall–Kier alpha value is -2.25. The summed E-state index contributed by atoms with van der Waals surface area (Å²) in [5.74, 6) is 1.36. The highest BCUT2D eigenvalue weighted by molar-refractivity contribution is 7.10. The number of rotatable bonds is 3. The summed E-state index contributed by atoms with van der Waals surface area (Å²) in [5, 5.41) is 10.8. The van der Waals surface area contributed by atoms with Crippen molar-refractivity contribution in [1.82, 2.24) is 19.5 Å². The summed E-state index contributed by atoms with van der Waals surface area (Å²) in [7, 11) is 0. The van der Waals surface area contributed by atoms with Crippen LogP contribution in [-0.4, -0.2) is 45.1 Å². The zero-order valence-electron chi connectivity index (χ0n) is 15.1. The average Bonchev–Trinajstić information content (AvgIpc) is 3.35. The number of nitrogens with zero attached hydrogens (tertiary/aromatic N) is 4. The molecule has 3 aromatic heterocycles. The van der Waals surface area contributed by atoms with E-state index in [-0.39, 0.29) is 17.9 Å². The smallest absolute Gasteiger partial charge is 0.225 e. The lowest BCUT2D eigenvalue weighted by molar-refractivity contribution is -0.135. The molecule has 0 aromatic carbocycles. The second kappa shape index (κ2) is 7.05. The van der Waals surface area contributed by atoms with E-state index >= 15 is 0 Å². The van der Waals surface area contributed by atoms with Gasteiger partial charge in [0.15, 0.2) is 5.65 Å². The minimum absolute atomic E-state index is 0.0875. The zero-order chi connectivity index (χ0) is 18.2. The van der Waals surface area contributed by atoms with Crippen LogP contribution in [0.2, 0.25) is 0 Å². The molecule has 2 aliphatic heterocycles. The number of aromatic nitrogens is 3. The van der Waals surface area contributed by atoms with Crippen molar-refractivity contribution in [2.45, 2.75) is 37.7 Å². The van der Waals surface area contributed by atoms with Crippen LogP contribution >= 0.6 is 11.3 Å². The second-order valence-corrected chi connectivity index (χ2v) is 8.24. The molecule has 0 N–H and O–H groups in total. The van der Waals surface area contributed by atoms with E-state index in [9.17, 15) is 4.79 Å². The van der Waals surface area contributed by atoms with E-state index in [1.165, 1.54) is 10.4 Å². The first-order valence-corrected chi connectivity index (χ1v) is 10.4. The molecule has 6 nitrogen and oxygen atoms in total. The van der Waals surface area contributed by atoms with Crippen molar-refractivity contribution >= 4 is 22.9 Å². The highest BCUT2D eigenvalue weighted by Crippen LogP contribution is 2.35. The lowest BCUT2D eigenvalue weighted by Gasteiger charge is -2.33. The Kier molecular flexibility index (Phi) is 4.41. The predicted octanol–water partition coefficient (Wildman–Crippen LogP) is 3.20. The molecular weight excluding hydrogens is 360 g/mol. The molecule has 1 amide bonds. The monoisotopic (exact) mass is 382 g/mol. The van der Waals surface area contributed by atoms with Crippen molar-refractivity contribution < 1.29 is 9.53 Å². The number of pyridine rings is 1. The Balaban J connectivity index is 1.31. The lowest BCUT2D eigenvalue weighted by Crippen LogP contribution is -2.40. The van der Waals surface area contributed by atoms with Gasteiger partial charge in [-0.05, 0) is 48.4 Å². The number of fused-ring (bicyclic) bond motifs is 2. The first kappa shape index (κ1) is 16.9. The molecule has 3 aromatic rings. The first-order valence-electron chi connectivity index (χ1n) is 9.55. The molecule has 0 spiro atoms. The van der Waals surface area contributed by atoms with Gasteiger partial charge in [-0.15, -0.1) is 21.5 Å². The molecule has 0 radical (unpaired) electrons. The van der Waals surface area contributed by atoms with Gasteiger partial charge in [-0.3, -0.25) is 9.20 Å². The van der Waals surface area contributed by atoms with Crippen molar-refractivity contribution in [2.75, 3.05) is 19.7 Å². The summed E-state index contributed by atoms with van der Waals surface area (Å²) in [6.07, 6.45) is 5.33. The van der Waals surface area contributed by atoms with Crippen molar-refractivity contribution in [2.24, 2.45) is 0 Å². The van der Waals surface area contributed by atoms with Gasteiger partial charge in [0, 0.05) is 30.1 Å². The number of piperidine rings is 1. The van der Waals surface area contributed by atoms with Crippen molar-refractivity contribution in [3.8, 4) is 0 Å². The fraction of sp³-hybridized carbons (Fsp3) is 0.450. The number of likely N-dealkylation sites (tertiary alicyclic amines) is 1. The molecular formula is C20H22N4O2S. The van der Waals surface area contributed by atoms with Crippen molar-refractivity contribution in [3.05, 3.63) is 52.1 Å². The number of carbonyl (C=O) groups is 1. The lowest BCUT2D eigenvalue weighted by atomic mass is 9.96. The van der Waals surface area contributed by atoms with E-state index in [2.05, 4.69) is 21.6 Å². The number of carbonyl (C=O) groups excluding carboxylic acids is 1. The minimum atomic E-state index is -0.0875. The van der Waals surface area contributed by atoms with Gasteiger partial charge >= 0.3 is 0 Å². The largest absolute Gasteiger partial charge is 0.372 e. The minimum Gasteiger partial charge on any atom is -0.372 e. The van der Waals surface area contributed by atoms with Gasteiger partial charge in [-0.2, -0.15) is 0 Å². The van der Waals surface area contributed by atoms with E-state index in [1.54, 1.807) is 11.3 Å². The van der Waals surface area contributed by atoms with E-state index in [4.69, 9.17) is 4.74 Å². The molecule has 2 unspecified atom stereocenters. The normalized spacial score (nSPS) is 22.7. The molecule has 27 heavy (non-hydrogen) atoms. The van der Waals surface area contributed by atoms with Gasteiger partial charge in [-0.1, -0.05) is 6.07 Å². The Morgan fingerprint density at radius 1 is 1.30 bits per heavy atom. The molecule has 2 atom stereocenters. The van der Waals surface area contributed by atoms with Gasteiger partial charge in [-0.25, -0.2) is 0 Å². The highest BCUT2D eigenvalue weighted by atomic mass is 32.1. The topological polar surface area (TPSA) is 59.7 Å². The van der Waals surface area contributed by atoms with Gasteiger partial charge < -0.3 is 9.64 Å². The molecule has 2 aliphatic rings. The van der Waals surface area contributed by atoms with E-state index in [1.807, 2.05) is 33.7 Å². The quantitative estimate of drug-likeness (QED) is 0.698. The van der Waals surface area contributed by atoms with Crippen LogP contribution < -0.4 is 0 Å². The standard InChI is InChI=1S/C20H22N4O2S/c25-18(12-16-19-14(6-10-26-16)7-11-27-19)23-8-3-4-15(13-23)20-22-21-17-5-1-2-9-24(17)20/h1-2,5,7,9,11,15-16H,3-4,6,8,10,12-13H2. The average molecular weight is 382 g/mol. The van der Waals surface area contributed by atoms with E-state index in [0.29, 0.717) is 19.6 Å². The molecule has 5 heterocycles. The number of thiophene rings is 1. The van der Waals surface area contributed by atoms with Gasteiger partial charge in [0.1, 0.15) is 11.9 Å². The van der Waals surface area contributed by atoms with Crippen LogP contribution in [0.5, 0.6) is 0 Å². The van der Waals surface area contributed by atoms with Crippen LogP contribution in [0.1, 0.15) is 47.5 Å². The Morgan fingerprint density at radius 2 is 2.26 bits per heavy atom. The second-order valence-electron chi connectivity index (χ2n) is 7.29. The summed E-state index contributed by atoms with van der Waals surface area (Å²) < 4.78 is 7.96. The summed E-state index contributed by atoms with van der Waals surface area (Å²) >= 11 is 1.70. The summed E-state index contributed by atoms with van der Waals surface area (Å²) in [5.41, 5.74) is 2.20. The number of hydrogen-bond donors (Lipinski definition) is 0. The van der Waals surface area contributed by atoms with Crippen LogP contribution in [0, 0.1) is 0 Å².